The van der Waals surface area contributed by atoms with Crippen LogP contribution in [0.2, 0.25) is 0 Å². The number of fused-ring (bicyclic) bond motifs is 5. The van der Waals surface area contributed by atoms with Crippen molar-refractivity contribution in [2.24, 2.45) is 0 Å². The minimum atomic E-state index is -0.303. The maximum Gasteiger partial charge on any atom is 0.333 e. The molecule has 0 saturated heterocycles. The van der Waals surface area contributed by atoms with Gasteiger partial charge in [-0.15, -0.1) is 0 Å². The second kappa shape index (κ2) is 9.85. The van der Waals surface area contributed by atoms with Crippen LogP contribution >= 0.6 is 0 Å². The molecule has 0 unspecified atom stereocenters. The molecule has 0 saturated carbocycles. The molecule has 5 aromatic rings. The lowest BCUT2D eigenvalue weighted by Crippen LogP contribution is -2.15. The quantitative estimate of drug-likeness (QED) is 0.0943. The predicted octanol–water partition coefficient (Wildman–Crippen LogP) is 9.41. The van der Waals surface area contributed by atoms with E-state index in [0.717, 1.165) is 19.3 Å². The Hall–Kier alpha value is -4.17. The topological polar surface area (TPSA) is 26.3 Å². The van der Waals surface area contributed by atoms with Crippen molar-refractivity contribution in [1.29, 1.82) is 0 Å². The molecule has 2 heteroatoms. The Morgan fingerprint density at radius 1 is 0.769 bits per heavy atom. The van der Waals surface area contributed by atoms with Gasteiger partial charge in [0.05, 0.1) is 6.61 Å². The van der Waals surface area contributed by atoms with Crippen LogP contribution in [0.3, 0.4) is 0 Å². The maximum absolute atomic E-state index is 11.6. The Bertz CT molecular complexity index is 1700. The Morgan fingerprint density at radius 2 is 1.38 bits per heavy atom. The molecule has 0 heterocycles. The van der Waals surface area contributed by atoms with Crippen molar-refractivity contribution in [3.63, 3.8) is 0 Å². The number of hydrogen-bond acceptors (Lipinski definition) is 2. The number of benzene rings is 5. The van der Waals surface area contributed by atoms with Gasteiger partial charge in [0.2, 0.25) is 0 Å². The average Bonchev–Trinajstić information content (AvgIpc) is 3.16. The van der Waals surface area contributed by atoms with E-state index in [1.807, 2.05) is 0 Å². The van der Waals surface area contributed by atoms with Crippen molar-refractivity contribution in [2.75, 3.05) is 6.61 Å². The third-order valence-corrected chi connectivity index (χ3v) is 8.24. The van der Waals surface area contributed by atoms with E-state index in [1.54, 1.807) is 6.92 Å². The first kappa shape index (κ1) is 25.1. The standard InChI is InChI=1S/C37H34O2/c1-24(2)36(38)39-20-10-9-11-25-16-18-31-32-19-17-28(23-34(32)37(3,4)33(31)21-25)35-29-14-7-5-12-26(29)22-27-13-6-8-15-30(27)35/h5-8,12-19,21-23H,1,9-11,20H2,2-4H3. The van der Waals surface area contributed by atoms with Crippen molar-refractivity contribution in [1.82, 2.24) is 0 Å². The second-order valence-corrected chi connectivity index (χ2v) is 11.3. The zero-order chi connectivity index (χ0) is 27.1. The Morgan fingerprint density at radius 3 is 2.05 bits per heavy atom. The molecule has 0 atom stereocenters. The fraction of sp³-hybridized carbons (Fsp3) is 0.216. The van der Waals surface area contributed by atoms with E-state index >= 15 is 0 Å². The van der Waals surface area contributed by atoms with Crippen molar-refractivity contribution in [3.8, 4) is 22.3 Å². The number of carbonyl (C=O) groups excluding carboxylic acids is 1. The molecular weight excluding hydrogens is 476 g/mol. The third kappa shape index (κ3) is 4.44. The number of carbonyl (C=O) groups is 1. The van der Waals surface area contributed by atoms with Crippen LogP contribution in [0.4, 0.5) is 0 Å². The van der Waals surface area contributed by atoms with Gasteiger partial charge in [-0.1, -0.05) is 99.3 Å². The van der Waals surface area contributed by atoms with Gasteiger partial charge in [-0.05, 0) is 98.8 Å². The Balaban J connectivity index is 1.32. The third-order valence-electron chi connectivity index (χ3n) is 8.24. The number of ether oxygens (including phenoxy) is 1. The van der Waals surface area contributed by atoms with Crippen molar-refractivity contribution >= 4 is 27.5 Å². The molecule has 5 aromatic carbocycles. The second-order valence-electron chi connectivity index (χ2n) is 11.3. The number of hydrogen-bond donors (Lipinski definition) is 0. The summed E-state index contributed by atoms with van der Waals surface area (Å²) in [5.74, 6) is -0.303. The minimum absolute atomic E-state index is 0.0892. The van der Waals surface area contributed by atoms with E-state index in [2.05, 4.69) is 111 Å². The van der Waals surface area contributed by atoms with Gasteiger partial charge in [-0.2, -0.15) is 0 Å². The molecule has 39 heavy (non-hydrogen) atoms. The van der Waals surface area contributed by atoms with Crippen molar-refractivity contribution in [3.05, 3.63) is 120 Å². The SMILES string of the molecule is C=C(C)C(=O)OCCCCc1ccc2c(c1)C(C)(C)c1cc(-c3c4ccccc4cc4ccccc34)ccc1-2. The molecule has 0 fully saturated rings. The van der Waals surface area contributed by atoms with Gasteiger partial charge in [0.15, 0.2) is 0 Å². The Kier molecular flexibility index (Phi) is 6.35. The van der Waals surface area contributed by atoms with Gasteiger partial charge in [0.1, 0.15) is 0 Å². The van der Waals surface area contributed by atoms with Crippen LogP contribution in [-0.2, 0) is 21.4 Å². The van der Waals surface area contributed by atoms with E-state index in [4.69, 9.17) is 4.74 Å². The summed E-state index contributed by atoms with van der Waals surface area (Å²) in [5, 5.41) is 5.13. The van der Waals surface area contributed by atoms with Gasteiger partial charge in [-0.3, -0.25) is 0 Å². The molecular formula is C37H34O2. The highest BCUT2D eigenvalue weighted by atomic mass is 16.5. The van der Waals surface area contributed by atoms with E-state index in [-0.39, 0.29) is 11.4 Å². The summed E-state index contributed by atoms with van der Waals surface area (Å²) >= 11 is 0. The molecule has 0 aliphatic heterocycles. The lowest BCUT2D eigenvalue weighted by molar-refractivity contribution is -0.139. The largest absolute Gasteiger partial charge is 0.462 e. The van der Waals surface area contributed by atoms with Gasteiger partial charge >= 0.3 is 5.97 Å². The summed E-state index contributed by atoms with van der Waals surface area (Å²) < 4.78 is 5.25. The number of unbranched alkanes of at least 4 members (excludes halogenated alkanes) is 1. The van der Waals surface area contributed by atoms with Crippen LogP contribution in [0, 0.1) is 0 Å². The molecule has 0 amide bonds. The van der Waals surface area contributed by atoms with Crippen LogP contribution < -0.4 is 0 Å². The lowest BCUT2D eigenvalue weighted by Gasteiger charge is -2.23. The highest BCUT2D eigenvalue weighted by molar-refractivity contribution is 6.12. The normalized spacial score (nSPS) is 13.3. The van der Waals surface area contributed by atoms with Gasteiger partial charge in [0.25, 0.3) is 0 Å². The Labute approximate surface area is 231 Å². The predicted molar refractivity (Wildman–Crippen MR) is 163 cm³/mol. The summed E-state index contributed by atoms with van der Waals surface area (Å²) in [7, 11) is 0. The monoisotopic (exact) mass is 510 g/mol. The average molecular weight is 511 g/mol. The summed E-state index contributed by atoms with van der Waals surface area (Å²) in [6.45, 7) is 10.5. The zero-order valence-electron chi connectivity index (χ0n) is 23.0. The first-order valence-corrected chi connectivity index (χ1v) is 13.9. The van der Waals surface area contributed by atoms with Gasteiger partial charge < -0.3 is 4.74 Å². The van der Waals surface area contributed by atoms with E-state index in [1.165, 1.54) is 60.5 Å². The van der Waals surface area contributed by atoms with E-state index in [0.29, 0.717) is 12.2 Å². The van der Waals surface area contributed by atoms with Crippen LogP contribution in [0.1, 0.15) is 50.3 Å². The van der Waals surface area contributed by atoms with Gasteiger partial charge in [-0.25, -0.2) is 4.79 Å². The summed E-state index contributed by atoms with van der Waals surface area (Å²) in [4.78, 5) is 11.6. The minimum Gasteiger partial charge on any atom is -0.462 e. The highest BCUT2D eigenvalue weighted by Gasteiger charge is 2.35. The summed E-state index contributed by atoms with van der Waals surface area (Å²) in [6, 6.07) is 33.7. The highest BCUT2D eigenvalue weighted by Crippen LogP contribution is 2.50. The molecule has 1 aliphatic carbocycles. The molecule has 0 radical (unpaired) electrons. The number of esters is 1. The fourth-order valence-electron chi connectivity index (χ4n) is 6.14. The van der Waals surface area contributed by atoms with Crippen LogP contribution in [-0.4, -0.2) is 12.6 Å². The lowest BCUT2D eigenvalue weighted by atomic mass is 9.80. The molecule has 0 spiro atoms. The van der Waals surface area contributed by atoms with Crippen LogP contribution in [0.15, 0.2) is 103 Å². The first-order valence-electron chi connectivity index (χ1n) is 13.9. The van der Waals surface area contributed by atoms with Crippen LogP contribution in [0.5, 0.6) is 0 Å². The van der Waals surface area contributed by atoms with Crippen molar-refractivity contribution < 1.29 is 9.53 Å². The smallest absolute Gasteiger partial charge is 0.333 e. The molecule has 194 valence electrons. The molecule has 6 rings (SSSR count). The zero-order valence-corrected chi connectivity index (χ0v) is 23.0. The first-order chi connectivity index (χ1) is 18.8. The van der Waals surface area contributed by atoms with Gasteiger partial charge in [0, 0.05) is 11.0 Å². The molecule has 1 aliphatic rings. The van der Waals surface area contributed by atoms with Crippen LogP contribution in [0.25, 0.3) is 43.8 Å². The molecule has 0 N–H and O–H groups in total. The maximum atomic E-state index is 11.6. The molecule has 0 aromatic heterocycles. The summed E-state index contributed by atoms with van der Waals surface area (Å²) in [6.07, 6.45) is 2.80. The fourth-order valence-corrected chi connectivity index (χ4v) is 6.14. The number of rotatable bonds is 7. The molecule has 2 nitrogen and oxygen atoms in total. The number of aryl methyl sites for hydroxylation is 1. The van der Waals surface area contributed by atoms with E-state index in [9.17, 15) is 4.79 Å². The molecule has 0 bridgehead atoms. The summed E-state index contributed by atoms with van der Waals surface area (Å²) in [5.41, 5.74) is 9.73. The van der Waals surface area contributed by atoms with Crippen molar-refractivity contribution in [2.45, 2.75) is 45.4 Å². The van der Waals surface area contributed by atoms with E-state index < -0.39 is 0 Å².